The lowest BCUT2D eigenvalue weighted by Gasteiger charge is -2.25. The van der Waals surface area contributed by atoms with Gasteiger partial charge in [-0.2, -0.15) is 0 Å². The van der Waals surface area contributed by atoms with Crippen molar-refractivity contribution in [3.05, 3.63) is 0 Å². The van der Waals surface area contributed by atoms with Crippen LogP contribution in [0.2, 0.25) is 0 Å². The molecule has 1 atom stereocenters. The van der Waals surface area contributed by atoms with Crippen LogP contribution in [0.4, 0.5) is 0 Å². The molecule has 3 N–H and O–H groups in total. The maximum Gasteiger partial charge on any atom is 0.260 e. The first-order valence-electron chi connectivity index (χ1n) is 4.55. The van der Waals surface area contributed by atoms with Crippen LogP contribution < -0.4 is 11.2 Å². The Hall–Kier alpha value is -0.650. The average molecular weight is 204 g/mol. The number of hydrogen-bond donors (Lipinski definition) is 2. The largest absolute Gasteiger partial charge is 0.382 e. The first-order chi connectivity index (χ1) is 6.39. The number of carbonyl (C=O) groups excluding carboxylic acids is 1. The molecule has 14 heavy (non-hydrogen) atoms. The molecule has 5 heteroatoms. The third-order valence-electron chi connectivity index (χ3n) is 1.78. The molecule has 0 aromatic carbocycles. The van der Waals surface area contributed by atoms with Crippen molar-refractivity contribution in [2.75, 3.05) is 20.3 Å². The zero-order valence-electron chi connectivity index (χ0n) is 9.29. The summed E-state index contributed by atoms with van der Waals surface area (Å²) in [6.07, 6.45) is 0. The average Bonchev–Trinajstić information content (AvgIpc) is 2.09. The van der Waals surface area contributed by atoms with Gasteiger partial charge < -0.3 is 10.5 Å². The SMILES string of the molecule is COCCONC(=O)[C@@H](N)C(C)(C)C. The summed E-state index contributed by atoms with van der Waals surface area (Å²) in [5, 5.41) is 0. The highest BCUT2D eigenvalue weighted by Crippen LogP contribution is 2.16. The number of amides is 1. The molecule has 0 saturated carbocycles. The van der Waals surface area contributed by atoms with Crippen molar-refractivity contribution < 1.29 is 14.4 Å². The fourth-order valence-corrected chi connectivity index (χ4v) is 0.704. The second kappa shape index (κ2) is 5.95. The molecule has 0 heterocycles. The molecule has 0 aliphatic rings. The normalized spacial score (nSPS) is 13.8. The Labute approximate surface area is 84.9 Å². The van der Waals surface area contributed by atoms with Gasteiger partial charge in [0.25, 0.3) is 5.91 Å². The second-order valence-electron chi connectivity index (χ2n) is 4.15. The van der Waals surface area contributed by atoms with Crippen LogP contribution in [0.1, 0.15) is 20.8 Å². The standard InChI is InChI=1S/C9H20N2O3/c1-9(2,3)7(10)8(12)11-14-6-5-13-4/h7H,5-6,10H2,1-4H3,(H,11,12)/t7-/m1/s1. The van der Waals surface area contributed by atoms with Gasteiger partial charge in [0.15, 0.2) is 0 Å². The van der Waals surface area contributed by atoms with Crippen LogP contribution in [0.5, 0.6) is 0 Å². The number of carbonyl (C=O) groups is 1. The van der Waals surface area contributed by atoms with E-state index < -0.39 is 6.04 Å². The summed E-state index contributed by atoms with van der Waals surface area (Å²) < 4.78 is 4.74. The predicted molar refractivity (Wildman–Crippen MR) is 53.4 cm³/mol. The molecular weight excluding hydrogens is 184 g/mol. The lowest BCUT2D eigenvalue weighted by atomic mass is 9.87. The number of hydroxylamine groups is 1. The molecule has 0 saturated heterocycles. The van der Waals surface area contributed by atoms with Crippen LogP contribution in [0, 0.1) is 5.41 Å². The lowest BCUT2D eigenvalue weighted by molar-refractivity contribution is -0.138. The molecule has 0 bridgehead atoms. The Kier molecular flexibility index (Phi) is 5.68. The number of nitrogens with two attached hydrogens (primary N) is 1. The van der Waals surface area contributed by atoms with Crippen LogP contribution in [0.25, 0.3) is 0 Å². The second-order valence-corrected chi connectivity index (χ2v) is 4.15. The van der Waals surface area contributed by atoms with Gasteiger partial charge in [0, 0.05) is 7.11 Å². The van der Waals surface area contributed by atoms with Crippen molar-refractivity contribution in [2.45, 2.75) is 26.8 Å². The highest BCUT2D eigenvalue weighted by molar-refractivity contribution is 5.81. The number of ether oxygens (including phenoxy) is 1. The molecule has 0 aliphatic heterocycles. The van der Waals surface area contributed by atoms with Crippen molar-refractivity contribution in [1.29, 1.82) is 0 Å². The van der Waals surface area contributed by atoms with Gasteiger partial charge in [-0.1, -0.05) is 20.8 Å². The van der Waals surface area contributed by atoms with Crippen molar-refractivity contribution in [1.82, 2.24) is 5.48 Å². The molecule has 0 unspecified atom stereocenters. The summed E-state index contributed by atoms with van der Waals surface area (Å²) >= 11 is 0. The van der Waals surface area contributed by atoms with E-state index in [4.69, 9.17) is 15.3 Å². The van der Waals surface area contributed by atoms with Crippen LogP contribution in [-0.2, 0) is 14.4 Å². The van der Waals surface area contributed by atoms with E-state index in [1.54, 1.807) is 7.11 Å². The van der Waals surface area contributed by atoms with E-state index in [0.717, 1.165) is 0 Å². The number of hydrogen-bond acceptors (Lipinski definition) is 4. The van der Waals surface area contributed by atoms with Crippen LogP contribution in [0.15, 0.2) is 0 Å². The van der Waals surface area contributed by atoms with E-state index in [1.165, 1.54) is 0 Å². The third kappa shape index (κ3) is 5.16. The summed E-state index contributed by atoms with van der Waals surface area (Å²) in [5.41, 5.74) is 7.70. The first kappa shape index (κ1) is 13.4. The van der Waals surface area contributed by atoms with Gasteiger partial charge in [0.2, 0.25) is 0 Å². The van der Waals surface area contributed by atoms with E-state index in [1.807, 2.05) is 20.8 Å². The van der Waals surface area contributed by atoms with Crippen LogP contribution in [-0.4, -0.2) is 32.3 Å². The summed E-state index contributed by atoms with van der Waals surface area (Å²) in [5.74, 6) is -0.311. The van der Waals surface area contributed by atoms with Gasteiger partial charge in [0.1, 0.15) is 0 Å². The Bertz CT molecular complexity index is 177. The zero-order valence-corrected chi connectivity index (χ0v) is 9.29. The van der Waals surface area contributed by atoms with E-state index in [0.29, 0.717) is 13.2 Å². The van der Waals surface area contributed by atoms with E-state index in [-0.39, 0.29) is 11.3 Å². The van der Waals surface area contributed by atoms with Gasteiger partial charge in [-0.15, -0.1) is 0 Å². The highest BCUT2D eigenvalue weighted by atomic mass is 16.7. The molecule has 0 fully saturated rings. The third-order valence-corrected chi connectivity index (χ3v) is 1.78. The zero-order chi connectivity index (χ0) is 11.2. The minimum Gasteiger partial charge on any atom is -0.382 e. The number of rotatable bonds is 5. The van der Waals surface area contributed by atoms with Gasteiger partial charge in [0.05, 0.1) is 19.3 Å². The molecule has 1 amide bonds. The summed E-state index contributed by atoms with van der Waals surface area (Å²) in [6.45, 7) is 6.44. The van der Waals surface area contributed by atoms with Gasteiger partial charge in [-0.25, -0.2) is 5.48 Å². The van der Waals surface area contributed by atoms with Crippen molar-refractivity contribution in [2.24, 2.45) is 11.1 Å². The topological polar surface area (TPSA) is 73.6 Å². The van der Waals surface area contributed by atoms with E-state index in [9.17, 15) is 4.79 Å². The molecular formula is C9H20N2O3. The monoisotopic (exact) mass is 204 g/mol. The quantitative estimate of drug-likeness (QED) is 0.490. The number of nitrogens with one attached hydrogen (secondary N) is 1. The maximum absolute atomic E-state index is 11.4. The molecule has 0 aliphatic carbocycles. The van der Waals surface area contributed by atoms with Crippen molar-refractivity contribution in [3.63, 3.8) is 0 Å². The lowest BCUT2D eigenvalue weighted by Crippen LogP contribution is -2.48. The summed E-state index contributed by atoms with van der Waals surface area (Å²) in [7, 11) is 1.56. The first-order valence-corrected chi connectivity index (χ1v) is 4.55. The number of methoxy groups -OCH3 is 1. The fraction of sp³-hybridized carbons (Fsp3) is 0.889. The van der Waals surface area contributed by atoms with E-state index >= 15 is 0 Å². The minimum absolute atomic E-state index is 0.269. The Morgan fingerprint density at radius 1 is 1.43 bits per heavy atom. The van der Waals surface area contributed by atoms with Gasteiger partial charge in [-0.05, 0) is 5.41 Å². The predicted octanol–water partition coefficient (Wildman–Crippen LogP) is 0.0540. The minimum atomic E-state index is -0.579. The molecule has 0 spiro atoms. The summed E-state index contributed by atoms with van der Waals surface area (Å²) in [6, 6.07) is -0.579. The van der Waals surface area contributed by atoms with E-state index in [2.05, 4.69) is 5.48 Å². The summed E-state index contributed by atoms with van der Waals surface area (Å²) in [4.78, 5) is 16.2. The van der Waals surface area contributed by atoms with Gasteiger partial charge >= 0.3 is 0 Å². The Morgan fingerprint density at radius 2 is 2.00 bits per heavy atom. The molecule has 0 radical (unpaired) electrons. The van der Waals surface area contributed by atoms with Crippen LogP contribution in [0.3, 0.4) is 0 Å². The van der Waals surface area contributed by atoms with Gasteiger partial charge in [-0.3, -0.25) is 9.63 Å². The molecule has 84 valence electrons. The Morgan fingerprint density at radius 3 is 2.43 bits per heavy atom. The molecule has 0 aromatic heterocycles. The Balaban J connectivity index is 3.74. The fourth-order valence-electron chi connectivity index (χ4n) is 0.704. The van der Waals surface area contributed by atoms with Crippen LogP contribution >= 0.6 is 0 Å². The highest BCUT2D eigenvalue weighted by Gasteiger charge is 2.27. The maximum atomic E-state index is 11.4. The van der Waals surface area contributed by atoms with Crippen molar-refractivity contribution in [3.8, 4) is 0 Å². The molecule has 0 rings (SSSR count). The van der Waals surface area contributed by atoms with Crippen molar-refractivity contribution >= 4 is 5.91 Å². The molecule has 5 nitrogen and oxygen atoms in total. The smallest absolute Gasteiger partial charge is 0.260 e. The molecule has 0 aromatic rings.